The summed E-state index contributed by atoms with van der Waals surface area (Å²) in [6.45, 7) is 3.82. The highest BCUT2D eigenvalue weighted by atomic mass is 16.5. The van der Waals surface area contributed by atoms with Crippen LogP contribution in [0.25, 0.3) is 11.4 Å². The standard InChI is InChI=1S/C23H25N3O4/c1-3-29-19-11-9-16(10-12-19)23(27)26-13-5-7-18(15-26)22-24-21(25-30-22)17-6-4-8-20(14-17)28-2/h4,6,8-12,14,18H,3,5,7,13,15H2,1-2H3/t18-/m1/s1. The molecule has 0 spiro atoms. The minimum atomic E-state index is 0.00952. The van der Waals surface area contributed by atoms with Gasteiger partial charge in [-0.25, -0.2) is 0 Å². The number of hydrogen-bond acceptors (Lipinski definition) is 6. The number of likely N-dealkylation sites (tertiary alicyclic amines) is 1. The molecule has 0 N–H and O–H groups in total. The lowest BCUT2D eigenvalue weighted by atomic mass is 9.97. The lowest BCUT2D eigenvalue weighted by Crippen LogP contribution is -2.39. The molecule has 0 bridgehead atoms. The SMILES string of the molecule is CCOc1ccc(C(=O)N2CCC[C@@H](c3nc(-c4cccc(OC)c4)no3)C2)cc1. The first kappa shape index (κ1) is 19.9. The fraction of sp³-hybridized carbons (Fsp3) is 0.348. The first-order chi connectivity index (χ1) is 14.7. The third-order valence-corrected chi connectivity index (χ3v) is 5.24. The van der Waals surface area contributed by atoms with Crippen molar-refractivity contribution in [2.24, 2.45) is 0 Å². The number of amides is 1. The van der Waals surface area contributed by atoms with Crippen molar-refractivity contribution >= 4 is 5.91 Å². The van der Waals surface area contributed by atoms with E-state index in [-0.39, 0.29) is 11.8 Å². The molecule has 1 aromatic heterocycles. The van der Waals surface area contributed by atoms with E-state index in [2.05, 4.69) is 10.1 Å². The van der Waals surface area contributed by atoms with E-state index >= 15 is 0 Å². The van der Waals surface area contributed by atoms with E-state index in [4.69, 9.17) is 14.0 Å². The molecule has 30 heavy (non-hydrogen) atoms. The Morgan fingerprint density at radius 1 is 1.20 bits per heavy atom. The molecule has 4 rings (SSSR count). The topological polar surface area (TPSA) is 77.7 Å². The summed E-state index contributed by atoms with van der Waals surface area (Å²) >= 11 is 0. The van der Waals surface area contributed by atoms with Crippen molar-refractivity contribution in [2.75, 3.05) is 26.8 Å². The molecule has 3 aromatic rings. The van der Waals surface area contributed by atoms with Gasteiger partial charge in [0.2, 0.25) is 11.7 Å². The summed E-state index contributed by atoms with van der Waals surface area (Å²) in [4.78, 5) is 19.4. The monoisotopic (exact) mass is 407 g/mol. The normalized spacial score (nSPS) is 16.3. The predicted octanol–water partition coefficient (Wildman–Crippen LogP) is 4.16. The van der Waals surface area contributed by atoms with E-state index in [1.54, 1.807) is 7.11 Å². The summed E-state index contributed by atoms with van der Waals surface area (Å²) in [5, 5.41) is 4.13. The number of hydrogen-bond donors (Lipinski definition) is 0. The molecule has 2 aromatic carbocycles. The van der Waals surface area contributed by atoms with Gasteiger partial charge < -0.3 is 18.9 Å². The number of piperidine rings is 1. The Balaban J connectivity index is 1.46. The quantitative estimate of drug-likeness (QED) is 0.610. The minimum Gasteiger partial charge on any atom is -0.497 e. The number of methoxy groups -OCH3 is 1. The second-order valence-electron chi connectivity index (χ2n) is 7.24. The van der Waals surface area contributed by atoms with Gasteiger partial charge in [-0.2, -0.15) is 4.98 Å². The van der Waals surface area contributed by atoms with Gasteiger partial charge >= 0.3 is 0 Å². The fourth-order valence-electron chi connectivity index (χ4n) is 3.69. The van der Waals surface area contributed by atoms with Gasteiger partial charge in [0, 0.05) is 24.2 Å². The Kier molecular flexibility index (Phi) is 5.97. The highest BCUT2D eigenvalue weighted by molar-refractivity contribution is 5.94. The van der Waals surface area contributed by atoms with Crippen LogP contribution < -0.4 is 9.47 Å². The van der Waals surface area contributed by atoms with Crippen molar-refractivity contribution in [3.63, 3.8) is 0 Å². The molecule has 1 fully saturated rings. The Morgan fingerprint density at radius 2 is 2.03 bits per heavy atom. The molecule has 0 unspecified atom stereocenters. The van der Waals surface area contributed by atoms with E-state index in [0.29, 0.717) is 30.4 Å². The zero-order valence-electron chi connectivity index (χ0n) is 17.2. The average Bonchev–Trinajstić information content (AvgIpc) is 3.30. The Hall–Kier alpha value is -3.35. The smallest absolute Gasteiger partial charge is 0.253 e. The largest absolute Gasteiger partial charge is 0.497 e. The maximum Gasteiger partial charge on any atom is 0.253 e. The van der Waals surface area contributed by atoms with Crippen LogP contribution in [0, 0.1) is 0 Å². The molecule has 1 aliphatic rings. The zero-order chi connectivity index (χ0) is 20.9. The van der Waals surface area contributed by atoms with Gasteiger partial charge in [-0.1, -0.05) is 17.3 Å². The fourth-order valence-corrected chi connectivity index (χ4v) is 3.69. The highest BCUT2D eigenvalue weighted by Crippen LogP contribution is 2.29. The van der Waals surface area contributed by atoms with E-state index in [9.17, 15) is 4.79 Å². The van der Waals surface area contributed by atoms with E-state index in [1.165, 1.54) is 0 Å². The number of benzene rings is 2. The second-order valence-corrected chi connectivity index (χ2v) is 7.24. The third kappa shape index (κ3) is 4.30. The number of ether oxygens (including phenoxy) is 2. The predicted molar refractivity (Wildman–Crippen MR) is 112 cm³/mol. The summed E-state index contributed by atoms with van der Waals surface area (Å²) < 4.78 is 16.3. The van der Waals surface area contributed by atoms with Gasteiger partial charge in [0.1, 0.15) is 11.5 Å². The van der Waals surface area contributed by atoms with Crippen LogP contribution in [0.1, 0.15) is 41.9 Å². The lowest BCUT2D eigenvalue weighted by molar-refractivity contribution is 0.0695. The number of carbonyl (C=O) groups excluding carboxylic acids is 1. The molecule has 156 valence electrons. The third-order valence-electron chi connectivity index (χ3n) is 5.24. The highest BCUT2D eigenvalue weighted by Gasteiger charge is 2.29. The van der Waals surface area contributed by atoms with Crippen LogP contribution in [0.15, 0.2) is 53.1 Å². The molecule has 0 aliphatic carbocycles. The van der Waals surface area contributed by atoms with Crippen molar-refractivity contribution < 1.29 is 18.8 Å². The van der Waals surface area contributed by atoms with Crippen LogP contribution in [-0.2, 0) is 0 Å². The molecule has 0 saturated carbocycles. The number of aromatic nitrogens is 2. The van der Waals surface area contributed by atoms with Gasteiger partial charge in [0.05, 0.1) is 19.6 Å². The Bertz CT molecular complexity index is 1000. The molecule has 1 aliphatic heterocycles. The molecule has 7 heteroatoms. The van der Waals surface area contributed by atoms with Crippen LogP contribution in [0.2, 0.25) is 0 Å². The molecule has 1 saturated heterocycles. The van der Waals surface area contributed by atoms with Crippen molar-refractivity contribution in [3.05, 3.63) is 60.0 Å². The summed E-state index contributed by atoms with van der Waals surface area (Å²) in [6.07, 6.45) is 1.80. The van der Waals surface area contributed by atoms with E-state index < -0.39 is 0 Å². The maximum atomic E-state index is 12.9. The van der Waals surface area contributed by atoms with Crippen LogP contribution in [0.4, 0.5) is 0 Å². The first-order valence-electron chi connectivity index (χ1n) is 10.2. The molecule has 1 atom stereocenters. The summed E-state index contributed by atoms with van der Waals surface area (Å²) in [6, 6.07) is 14.8. The summed E-state index contributed by atoms with van der Waals surface area (Å²) in [5.41, 5.74) is 1.49. The lowest BCUT2D eigenvalue weighted by Gasteiger charge is -2.31. The number of rotatable bonds is 6. The van der Waals surface area contributed by atoms with Gasteiger partial charge in [-0.15, -0.1) is 0 Å². The average molecular weight is 407 g/mol. The maximum absolute atomic E-state index is 12.9. The van der Waals surface area contributed by atoms with Crippen molar-refractivity contribution in [2.45, 2.75) is 25.7 Å². The first-order valence-corrected chi connectivity index (χ1v) is 10.2. The van der Waals surface area contributed by atoms with Crippen LogP contribution in [-0.4, -0.2) is 47.8 Å². The second kappa shape index (κ2) is 8.98. The van der Waals surface area contributed by atoms with Gasteiger partial charge in [0.15, 0.2) is 0 Å². The molecular formula is C23H25N3O4. The van der Waals surface area contributed by atoms with Crippen LogP contribution >= 0.6 is 0 Å². The van der Waals surface area contributed by atoms with E-state index in [0.717, 1.165) is 36.4 Å². The summed E-state index contributed by atoms with van der Waals surface area (Å²) in [5.74, 6) is 2.63. The number of carbonyl (C=O) groups is 1. The van der Waals surface area contributed by atoms with Gasteiger partial charge in [-0.3, -0.25) is 4.79 Å². The Morgan fingerprint density at radius 3 is 2.80 bits per heavy atom. The molecule has 0 radical (unpaired) electrons. The minimum absolute atomic E-state index is 0.00952. The van der Waals surface area contributed by atoms with E-state index in [1.807, 2.05) is 60.4 Å². The van der Waals surface area contributed by atoms with Crippen molar-refractivity contribution in [3.8, 4) is 22.9 Å². The molecular weight excluding hydrogens is 382 g/mol. The molecule has 1 amide bonds. The van der Waals surface area contributed by atoms with Crippen LogP contribution in [0.3, 0.4) is 0 Å². The Labute approximate surface area is 175 Å². The molecule has 7 nitrogen and oxygen atoms in total. The van der Waals surface area contributed by atoms with Crippen molar-refractivity contribution in [1.29, 1.82) is 0 Å². The number of nitrogens with zero attached hydrogens (tertiary/aromatic N) is 3. The zero-order valence-corrected chi connectivity index (χ0v) is 17.2. The van der Waals surface area contributed by atoms with Gasteiger partial charge in [0.25, 0.3) is 5.91 Å². The van der Waals surface area contributed by atoms with Crippen LogP contribution in [0.5, 0.6) is 11.5 Å². The van der Waals surface area contributed by atoms with Crippen molar-refractivity contribution in [1.82, 2.24) is 15.0 Å². The molecule has 2 heterocycles. The van der Waals surface area contributed by atoms with Gasteiger partial charge in [-0.05, 0) is 56.2 Å². The summed E-state index contributed by atoms with van der Waals surface area (Å²) in [7, 11) is 1.62.